The normalized spacial score (nSPS) is 9.13. The van der Waals surface area contributed by atoms with Gasteiger partial charge in [0.25, 0.3) is 0 Å². The van der Waals surface area contributed by atoms with Gasteiger partial charge >= 0.3 is 41.5 Å². The first-order valence-electron chi connectivity index (χ1n) is 4.65. The van der Waals surface area contributed by atoms with Gasteiger partial charge in [0.2, 0.25) is 0 Å². The van der Waals surface area contributed by atoms with Gasteiger partial charge in [-0.15, -0.1) is 0 Å². The summed E-state index contributed by atoms with van der Waals surface area (Å²) in [6.07, 6.45) is 5.97. The molecule has 0 N–H and O–H groups in total. The first-order valence-corrected chi connectivity index (χ1v) is 4.65. The average Bonchev–Trinajstić information content (AvgIpc) is 2.20. The average molecular weight is 219 g/mol. The van der Waals surface area contributed by atoms with Crippen molar-refractivity contribution in [1.82, 2.24) is 15.0 Å². The van der Waals surface area contributed by atoms with Crippen molar-refractivity contribution in [3.05, 3.63) is 12.7 Å². The number of unbranched alkanes of at least 4 members (excludes halogenated alkanes) is 2. The molecule has 0 aliphatic carbocycles. The Kier molecular flexibility index (Phi) is 8.46. The molecule has 0 amide bonds. The van der Waals surface area contributed by atoms with Crippen molar-refractivity contribution in [3.63, 3.8) is 0 Å². The zero-order chi connectivity index (χ0) is 10.2. The fourth-order valence-corrected chi connectivity index (χ4v) is 0.953. The Hall–Kier alpha value is -0.520. The zero-order valence-corrected chi connectivity index (χ0v) is 8.14. The fourth-order valence-electron chi connectivity index (χ4n) is 0.953. The standard InChI is InChI=1S/C9H13N3O2.Na.H/c1-2-3-4-5-8(13)14-9-11-6-10-7-12-9;;/h6-7H,2-5H2,1H3;;. The van der Waals surface area contributed by atoms with Gasteiger partial charge in [-0.1, -0.05) is 19.8 Å². The molecule has 0 aliphatic heterocycles. The molecular formula is C9H14N3NaO2. The van der Waals surface area contributed by atoms with E-state index < -0.39 is 0 Å². The van der Waals surface area contributed by atoms with Crippen LogP contribution < -0.4 is 4.74 Å². The molecule has 5 nitrogen and oxygen atoms in total. The maximum atomic E-state index is 11.2. The summed E-state index contributed by atoms with van der Waals surface area (Å²) in [6, 6.07) is 0.0708. The second kappa shape index (κ2) is 8.76. The van der Waals surface area contributed by atoms with Crippen LogP contribution in [0.5, 0.6) is 6.01 Å². The molecule has 0 fully saturated rings. The molecule has 1 rings (SSSR count). The molecule has 6 heteroatoms. The van der Waals surface area contributed by atoms with E-state index in [4.69, 9.17) is 4.74 Å². The van der Waals surface area contributed by atoms with E-state index in [-0.39, 0.29) is 41.5 Å². The topological polar surface area (TPSA) is 65.0 Å². The molecule has 15 heavy (non-hydrogen) atoms. The molecule has 0 spiro atoms. The third-order valence-electron chi connectivity index (χ3n) is 1.66. The van der Waals surface area contributed by atoms with Crippen LogP contribution in [0.1, 0.15) is 32.6 Å². The Labute approximate surface area is 111 Å². The van der Waals surface area contributed by atoms with Crippen molar-refractivity contribution < 1.29 is 9.53 Å². The van der Waals surface area contributed by atoms with Crippen molar-refractivity contribution in [2.45, 2.75) is 32.6 Å². The molecule has 0 saturated carbocycles. The fraction of sp³-hybridized carbons (Fsp3) is 0.556. The number of hydrogen-bond acceptors (Lipinski definition) is 5. The minimum atomic E-state index is -0.287. The summed E-state index contributed by atoms with van der Waals surface area (Å²) >= 11 is 0. The maximum absolute atomic E-state index is 11.2. The van der Waals surface area contributed by atoms with Gasteiger partial charge in [0.15, 0.2) is 0 Å². The van der Waals surface area contributed by atoms with Gasteiger partial charge in [-0.05, 0) is 6.42 Å². The van der Waals surface area contributed by atoms with E-state index in [9.17, 15) is 4.79 Å². The number of carbonyl (C=O) groups excluding carboxylic acids is 1. The van der Waals surface area contributed by atoms with Crippen molar-refractivity contribution in [1.29, 1.82) is 0 Å². The number of carbonyl (C=O) groups is 1. The summed E-state index contributed by atoms with van der Waals surface area (Å²) in [6.45, 7) is 2.08. The van der Waals surface area contributed by atoms with E-state index >= 15 is 0 Å². The number of hydrogen-bond donors (Lipinski definition) is 0. The second-order valence-corrected chi connectivity index (χ2v) is 2.85. The molecule has 0 unspecified atom stereocenters. The van der Waals surface area contributed by atoms with Gasteiger partial charge < -0.3 is 4.74 Å². The van der Waals surface area contributed by atoms with Crippen LogP contribution in [0.3, 0.4) is 0 Å². The van der Waals surface area contributed by atoms with Crippen LogP contribution in [0.25, 0.3) is 0 Å². The van der Waals surface area contributed by atoms with Crippen LogP contribution in [0.15, 0.2) is 12.7 Å². The Morgan fingerprint density at radius 1 is 1.33 bits per heavy atom. The first kappa shape index (κ1) is 14.5. The van der Waals surface area contributed by atoms with Crippen molar-refractivity contribution >= 4 is 35.5 Å². The van der Waals surface area contributed by atoms with Crippen LogP contribution in [0.4, 0.5) is 0 Å². The monoisotopic (exact) mass is 219 g/mol. The molecule has 0 atom stereocenters. The van der Waals surface area contributed by atoms with Crippen LogP contribution in [-0.4, -0.2) is 50.5 Å². The summed E-state index contributed by atoms with van der Waals surface area (Å²) in [5, 5.41) is 0. The quantitative estimate of drug-likeness (QED) is 0.414. The number of aromatic nitrogens is 3. The van der Waals surface area contributed by atoms with Gasteiger partial charge in [0, 0.05) is 6.42 Å². The van der Waals surface area contributed by atoms with E-state index in [1.54, 1.807) is 0 Å². The Morgan fingerprint density at radius 3 is 2.60 bits per heavy atom. The van der Waals surface area contributed by atoms with Crippen LogP contribution >= 0.6 is 0 Å². The second-order valence-electron chi connectivity index (χ2n) is 2.85. The summed E-state index contributed by atoms with van der Waals surface area (Å²) in [4.78, 5) is 22.1. The Bertz CT molecular complexity index is 282. The first-order chi connectivity index (χ1) is 6.83. The zero-order valence-electron chi connectivity index (χ0n) is 8.14. The summed E-state index contributed by atoms with van der Waals surface area (Å²) in [7, 11) is 0. The van der Waals surface area contributed by atoms with E-state index in [2.05, 4.69) is 21.9 Å². The Morgan fingerprint density at radius 2 is 2.00 bits per heavy atom. The molecule has 0 bridgehead atoms. The van der Waals surface area contributed by atoms with E-state index in [1.165, 1.54) is 12.7 Å². The van der Waals surface area contributed by atoms with E-state index in [0.29, 0.717) is 6.42 Å². The minimum absolute atomic E-state index is 0. The van der Waals surface area contributed by atoms with E-state index in [1.807, 2.05) is 0 Å². The van der Waals surface area contributed by atoms with Crippen LogP contribution in [0, 0.1) is 0 Å². The summed E-state index contributed by atoms with van der Waals surface area (Å²) in [5.74, 6) is -0.287. The molecule has 0 aromatic carbocycles. The van der Waals surface area contributed by atoms with Crippen molar-refractivity contribution in [3.8, 4) is 6.01 Å². The molecular weight excluding hydrogens is 205 g/mol. The number of rotatable bonds is 5. The van der Waals surface area contributed by atoms with Crippen molar-refractivity contribution in [2.75, 3.05) is 0 Å². The number of nitrogens with zero attached hydrogens (tertiary/aromatic N) is 3. The predicted molar refractivity (Wildman–Crippen MR) is 56.8 cm³/mol. The van der Waals surface area contributed by atoms with Crippen LogP contribution in [-0.2, 0) is 4.79 Å². The van der Waals surface area contributed by atoms with Gasteiger partial charge in [-0.25, -0.2) is 4.98 Å². The molecule has 78 valence electrons. The number of ether oxygens (including phenoxy) is 1. The van der Waals surface area contributed by atoms with E-state index in [0.717, 1.165) is 19.3 Å². The molecule has 1 aromatic rings. The number of esters is 1. The molecule has 0 radical (unpaired) electrons. The van der Waals surface area contributed by atoms with Gasteiger partial charge in [-0.3, -0.25) is 4.79 Å². The molecule has 0 saturated heterocycles. The Balaban J connectivity index is 0.00000196. The molecule has 1 aromatic heterocycles. The van der Waals surface area contributed by atoms with Crippen molar-refractivity contribution in [2.24, 2.45) is 0 Å². The molecule has 1 heterocycles. The predicted octanol–water partition coefficient (Wildman–Crippen LogP) is 0.709. The van der Waals surface area contributed by atoms with Gasteiger partial charge in [0.1, 0.15) is 12.7 Å². The summed E-state index contributed by atoms with van der Waals surface area (Å²) < 4.78 is 4.86. The third kappa shape index (κ3) is 6.54. The van der Waals surface area contributed by atoms with Crippen LogP contribution in [0.2, 0.25) is 0 Å². The third-order valence-corrected chi connectivity index (χ3v) is 1.66. The van der Waals surface area contributed by atoms with Gasteiger partial charge in [-0.2, -0.15) is 9.97 Å². The molecule has 0 aliphatic rings. The SMILES string of the molecule is CCCCCC(=O)Oc1ncncn1.[NaH]. The summed E-state index contributed by atoms with van der Waals surface area (Å²) in [5.41, 5.74) is 0. The van der Waals surface area contributed by atoms with Gasteiger partial charge in [0.05, 0.1) is 0 Å².